The van der Waals surface area contributed by atoms with Gasteiger partial charge in [0.05, 0.1) is 17.6 Å². The molecule has 1 unspecified atom stereocenters. The van der Waals surface area contributed by atoms with Crippen LogP contribution in [-0.4, -0.2) is 46.3 Å². The third-order valence-corrected chi connectivity index (χ3v) is 5.81. The fourth-order valence-electron chi connectivity index (χ4n) is 4.03. The van der Waals surface area contributed by atoms with Crippen molar-refractivity contribution in [3.8, 4) is 0 Å². The SMILES string of the molecule is CN(C)C(=O)C[C@@]1(O)CCCC(/C=C/[C@@](C)(O)CCCCc2ccccc2)C1. The molecule has 0 radical (unpaired) electrons. The van der Waals surface area contributed by atoms with Crippen LogP contribution in [0, 0.1) is 5.92 Å². The molecule has 156 valence electrons. The lowest BCUT2D eigenvalue weighted by Crippen LogP contribution is -2.40. The number of aliphatic hydroxyl groups is 2. The van der Waals surface area contributed by atoms with Crippen molar-refractivity contribution < 1.29 is 15.0 Å². The molecular formula is C24H37NO3. The highest BCUT2D eigenvalue weighted by Gasteiger charge is 2.36. The molecule has 1 aliphatic carbocycles. The van der Waals surface area contributed by atoms with Crippen LogP contribution >= 0.6 is 0 Å². The Hall–Kier alpha value is -1.65. The number of unbranched alkanes of at least 4 members (excludes halogenated alkanes) is 1. The summed E-state index contributed by atoms with van der Waals surface area (Å²) < 4.78 is 0. The van der Waals surface area contributed by atoms with Crippen molar-refractivity contribution in [2.75, 3.05) is 14.1 Å². The highest BCUT2D eigenvalue weighted by molar-refractivity contribution is 5.76. The summed E-state index contributed by atoms with van der Waals surface area (Å²) in [5.74, 6) is 0.182. The number of benzene rings is 1. The quantitative estimate of drug-likeness (QED) is 0.495. The summed E-state index contributed by atoms with van der Waals surface area (Å²) in [6.07, 6.45) is 11.1. The van der Waals surface area contributed by atoms with E-state index in [-0.39, 0.29) is 18.2 Å². The maximum Gasteiger partial charge on any atom is 0.224 e. The molecule has 1 fully saturated rings. The Kier molecular flexibility index (Phi) is 8.26. The van der Waals surface area contributed by atoms with E-state index in [1.807, 2.05) is 19.1 Å². The Bertz CT molecular complexity index is 639. The van der Waals surface area contributed by atoms with Gasteiger partial charge in [0.25, 0.3) is 0 Å². The lowest BCUT2D eigenvalue weighted by atomic mass is 9.75. The average Bonchev–Trinajstić information content (AvgIpc) is 2.64. The van der Waals surface area contributed by atoms with Gasteiger partial charge >= 0.3 is 0 Å². The molecule has 0 aliphatic heterocycles. The van der Waals surface area contributed by atoms with Crippen LogP contribution in [0.2, 0.25) is 0 Å². The Labute approximate surface area is 170 Å². The highest BCUT2D eigenvalue weighted by atomic mass is 16.3. The number of hydrogen-bond acceptors (Lipinski definition) is 3. The number of carbonyl (C=O) groups is 1. The molecule has 3 atom stereocenters. The second-order valence-electron chi connectivity index (χ2n) is 8.95. The molecule has 1 saturated carbocycles. The number of nitrogens with zero attached hydrogens (tertiary/aromatic N) is 1. The normalized spacial score (nSPS) is 24.8. The Morgan fingerprint density at radius 2 is 2.00 bits per heavy atom. The summed E-state index contributed by atoms with van der Waals surface area (Å²) in [5.41, 5.74) is -0.409. The van der Waals surface area contributed by atoms with E-state index in [2.05, 4.69) is 30.3 Å². The molecule has 0 heterocycles. The zero-order valence-electron chi connectivity index (χ0n) is 17.7. The van der Waals surface area contributed by atoms with Crippen molar-refractivity contribution in [3.63, 3.8) is 0 Å². The largest absolute Gasteiger partial charge is 0.389 e. The number of amides is 1. The summed E-state index contributed by atoms with van der Waals surface area (Å²) in [5, 5.41) is 21.5. The van der Waals surface area contributed by atoms with Gasteiger partial charge in [-0.15, -0.1) is 0 Å². The standard InChI is InChI=1S/C24H37NO3/c1-23(27,15-8-7-12-20-10-5-4-6-11-20)17-14-21-13-9-16-24(28,18-21)19-22(26)25(2)3/h4-6,10-11,14,17,21,27-28H,7-9,12-13,15-16,18-19H2,1-3H3/b17-14+/t21?,23-,24+/m0/s1. The minimum Gasteiger partial charge on any atom is -0.389 e. The van der Waals surface area contributed by atoms with Gasteiger partial charge in [0.15, 0.2) is 0 Å². The predicted octanol–water partition coefficient (Wildman–Crippen LogP) is 4.11. The van der Waals surface area contributed by atoms with Gasteiger partial charge in [-0.2, -0.15) is 0 Å². The molecule has 1 aromatic rings. The maximum absolute atomic E-state index is 12.0. The van der Waals surface area contributed by atoms with Gasteiger partial charge in [-0.05, 0) is 69.8 Å². The first-order valence-corrected chi connectivity index (χ1v) is 10.6. The minimum atomic E-state index is -0.920. The zero-order valence-corrected chi connectivity index (χ0v) is 17.7. The third-order valence-electron chi connectivity index (χ3n) is 5.81. The fraction of sp³-hybridized carbons (Fsp3) is 0.625. The fourth-order valence-corrected chi connectivity index (χ4v) is 4.03. The van der Waals surface area contributed by atoms with Crippen molar-refractivity contribution in [2.45, 2.75) is 75.9 Å². The van der Waals surface area contributed by atoms with Gasteiger partial charge < -0.3 is 15.1 Å². The molecule has 0 saturated heterocycles. The Morgan fingerprint density at radius 3 is 2.68 bits per heavy atom. The summed E-state index contributed by atoms with van der Waals surface area (Å²) in [6, 6.07) is 10.4. The van der Waals surface area contributed by atoms with Crippen LogP contribution in [0.5, 0.6) is 0 Å². The van der Waals surface area contributed by atoms with E-state index in [4.69, 9.17) is 0 Å². The molecule has 1 amide bonds. The van der Waals surface area contributed by atoms with Gasteiger partial charge in [-0.25, -0.2) is 0 Å². The molecule has 2 N–H and O–H groups in total. The van der Waals surface area contributed by atoms with Crippen LogP contribution < -0.4 is 0 Å². The van der Waals surface area contributed by atoms with Crippen molar-refractivity contribution >= 4 is 5.91 Å². The molecule has 0 bridgehead atoms. The summed E-state index contributed by atoms with van der Waals surface area (Å²) >= 11 is 0. The van der Waals surface area contributed by atoms with E-state index in [0.717, 1.165) is 38.5 Å². The van der Waals surface area contributed by atoms with Gasteiger partial charge in [-0.1, -0.05) is 42.5 Å². The third kappa shape index (κ3) is 7.76. The number of rotatable bonds is 9. The van der Waals surface area contributed by atoms with Gasteiger partial charge in [0.1, 0.15) is 0 Å². The topological polar surface area (TPSA) is 60.8 Å². The van der Waals surface area contributed by atoms with Crippen LogP contribution in [0.1, 0.15) is 63.9 Å². The van der Waals surface area contributed by atoms with Crippen molar-refractivity contribution in [1.82, 2.24) is 4.90 Å². The molecule has 1 aromatic carbocycles. The van der Waals surface area contributed by atoms with Gasteiger partial charge in [0, 0.05) is 14.1 Å². The van der Waals surface area contributed by atoms with Crippen LogP contribution in [0.25, 0.3) is 0 Å². The van der Waals surface area contributed by atoms with Crippen LogP contribution in [0.15, 0.2) is 42.5 Å². The Balaban J connectivity index is 1.79. The second-order valence-corrected chi connectivity index (χ2v) is 8.95. The highest BCUT2D eigenvalue weighted by Crippen LogP contribution is 2.36. The lowest BCUT2D eigenvalue weighted by Gasteiger charge is -2.36. The molecule has 4 nitrogen and oxygen atoms in total. The number of carbonyl (C=O) groups excluding carboxylic acids is 1. The molecule has 0 aromatic heterocycles. The zero-order chi connectivity index (χ0) is 20.6. The minimum absolute atomic E-state index is 0.0301. The maximum atomic E-state index is 12.0. The van der Waals surface area contributed by atoms with E-state index >= 15 is 0 Å². The number of aryl methyl sites for hydroxylation is 1. The van der Waals surface area contributed by atoms with Crippen LogP contribution in [0.3, 0.4) is 0 Å². The monoisotopic (exact) mass is 387 g/mol. The second kappa shape index (κ2) is 10.2. The molecular weight excluding hydrogens is 350 g/mol. The van der Waals surface area contributed by atoms with Crippen molar-refractivity contribution in [1.29, 1.82) is 0 Å². The van der Waals surface area contributed by atoms with Crippen LogP contribution in [0.4, 0.5) is 0 Å². The molecule has 1 aliphatic rings. The van der Waals surface area contributed by atoms with Crippen molar-refractivity contribution in [2.24, 2.45) is 5.92 Å². The average molecular weight is 388 g/mol. The first kappa shape index (κ1) is 22.6. The first-order valence-electron chi connectivity index (χ1n) is 10.6. The van der Waals surface area contributed by atoms with Crippen LogP contribution in [-0.2, 0) is 11.2 Å². The van der Waals surface area contributed by atoms with Crippen molar-refractivity contribution in [3.05, 3.63) is 48.0 Å². The summed E-state index contributed by atoms with van der Waals surface area (Å²) in [7, 11) is 3.45. The van der Waals surface area contributed by atoms with Gasteiger partial charge in [-0.3, -0.25) is 4.79 Å². The van der Waals surface area contributed by atoms with Gasteiger partial charge in [0.2, 0.25) is 5.91 Å². The first-order chi connectivity index (χ1) is 13.2. The van der Waals surface area contributed by atoms with E-state index in [0.29, 0.717) is 12.8 Å². The van der Waals surface area contributed by atoms with E-state index in [1.54, 1.807) is 14.1 Å². The lowest BCUT2D eigenvalue weighted by molar-refractivity contribution is -0.135. The molecule has 4 heteroatoms. The van der Waals surface area contributed by atoms with E-state index in [1.165, 1.54) is 10.5 Å². The smallest absolute Gasteiger partial charge is 0.224 e. The summed E-state index contributed by atoms with van der Waals surface area (Å²) in [6.45, 7) is 1.86. The van der Waals surface area contributed by atoms with E-state index in [9.17, 15) is 15.0 Å². The predicted molar refractivity (Wildman–Crippen MR) is 114 cm³/mol. The Morgan fingerprint density at radius 1 is 1.29 bits per heavy atom. The number of allylic oxidation sites excluding steroid dienone is 1. The molecule has 2 rings (SSSR count). The molecule has 28 heavy (non-hydrogen) atoms. The summed E-state index contributed by atoms with van der Waals surface area (Å²) in [4.78, 5) is 13.5. The number of hydrogen-bond donors (Lipinski definition) is 2. The van der Waals surface area contributed by atoms with E-state index < -0.39 is 11.2 Å². The molecule has 0 spiro atoms.